The Morgan fingerprint density at radius 3 is 2.56 bits per heavy atom. The van der Waals surface area contributed by atoms with Crippen molar-refractivity contribution in [1.29, 1.82) is 0 Å². The van der Waals surface area contributed by atoms with Crippen LogP contribution in [0.2, 0.25) is 0 Å². The zero-order valence-electron chi connectivity index (χ0n) is 10.1. The molecule has 0 fully saturated rings. The number of carboxylic acid groups (broad SMARTS) is 1. The molecule has 0 radical (unpaired) electrons. The van der Waals surface area contributed by atoms with Crippen molar-refractivity contribution < 1.29 is 9.90 Å². The topological polar surface area (TPSA) is 49.3 Å². The second-order valence-corrected chi connectivity index (χ2v) is 4.12. The van der Waals surface area contributed by atoms with Crippen molar-refractivity contribution >= 4 is 11.7 Å². The fraction of sp³-hybridized carbons (Fsp3) is 0.462. The molecule has 1 aromatic rings. The number of rotatable bonds is 5. The van der Waals surface area contributed by atoms with E-state index >= 15 is 0 Å². The lowest BCUT2D eigenvalue weighted by atomic mass is 10.1. The van der Waals surface area contributed by atoms with Gasteiger partial charge in [0.05, 0.1) is 5.92 Å². The predicted molar refractivity (Wildman–Crippen MR) is 65.8 cm³/mol. The van der Waals surface area contributed by atoms with E-state index in [9.17, 15) is 4.79 Å². The van der Waals surface area contributed by atoms with E-state index in [0.717, 1.165) is 5.69 Å². The highest BCUT2D eigenvalue weighted by atomic mass is 16.4. The minimum absolute atomic E-state index is 0.318. The number of anilines is 1. The van der Waals surface area contributed by atoms with Crippen LogP contribution in [0.15, 0.2) is 18.2 Å². The number of nitrogens with one attached hydrogen (secondary N) is 1. The summed E-state index contributed by atoms with van der Waals surface area (Å²) in [6.07, 6.45) is 0.646. The van der Waals surface area contributed by atoms with Gasteiger partial charge in [-0.15, -0.1) is 0 Å². The molecule has 0 heterocycles. The van der Waals surface area contributed by atoms with Gasteiger partial charge in [-0.25, -0.2) is 0 Å². The van der Waals surface area contributed by atoms with Crippen LogP contribution in [0.25, 0.3) is 0 Å². The van der Waals surface area contributed by atoms with Gasteiger partial charge in [0.15, 0.2) is 0 Å². The highest BCUT2D eigenvalue weighted by molar-refractivity contribution is 5.70. The molecule has 0 saturated carbocycles. The second kappa shape index (κ2) is 5.54. The summed E-state index contributed by atoms with van der Waals surface area (Å²) < 4.78 is 0. The van der Waals surface area contributed by atoms with Crippen molar-refractivity contribution in [3.63, 3.8) is 0 Å². The monoisotopic (exact) mass is 221 g/mol. The number of carboxylic acids is 1. The average Bonchev–Trinajstić information content (AvgIpc) is 2.23. The Bertz CT molecular complexity index is 374. The summed E-state index contributed by atoms with van der Waals surface area (Å²) in [6.45, 7) is 6.48. The van der Waals surface area contributed by atoms with Crippen LogP contribution in [0.4, 0.5) is 5.69 Å². The minimum atomic E-state index is -0.737. The maximum Gasteiger partial charge on any atom is 0.308 e. The Hall–Kier alpha value is -1.51. The molecule has 0 saturated heterocycles. The maximum atomic E-state index is 10.8. The van der Waals surface area contributed by atoms with Crippen LogP contribution in [-0.2, 0) is 4.79 Å². The van der Waals surface area contributed by atoms with Gasteiger partial charge in [-0.05, 0) is 43.5 Å². The quantitative estimate of drug-likeness (QED) is 0.803. The van der Waals surface area contributed by atoms with Gasteiger partial charge in [0.25, 0.3) is 0 Å². The largest absolute Gasteiger partial charge is 0.481 e. The van der Waals surface area contributed by atoms with Gasteiger partial charge >= 0.3 is 5.97 Å². The first kappa shape index (κ1) is 12.6. The first-order valence-electron chi connectivity index (χ1n) is 5.58. The van der Waals surface area contributed by atoms with Crippen molar-refractivity contribution in [2.75, 3.05) is 11.9 Å². The first-order valence-corrected chi connectivity index (χ1v) is 5.58. The molecule has 0 aliphatic carbocycles. The summed E-state index contributed by atoms with van der Waals surface area (Å²) in [4.78, 5) is 10.8. The summed E-state index contributed by atoms with van der Waals surface area (Å²) >= 11 is 0. The van der Waals surface area contributed by atoms with Crippen LogP contribution in [-0.4, -0.2) is 17.6 Å². The van der Waals surface area contributed by atoms with Crippen LogP contribution < -0.4 is 5.32 Å². The van der Waals surface area contributed by atoms with Crippen LogP contribution in [0, 0.1) is 19.8 Å². The van der Waals surface area contributed by atoms with E-state index in [1.807, 2.05) is 25.1 Å². The van der Waals surface area contributed by atoms with E-state index in [-0.39, 0.29) is 5.92 Å². The number of benzene rings is 1. The first-order chi connectivity index (χ1) is 7.54. The Balaban J connectivity index is 2.60. The van der Waals surface area contributed by atoms with E-state index < -0.39 is 5.97 Å². The van der Waals surface area contributed by atoms with Crippen molar-refractivity contribution in [2.24, 2.45) is 5.92 Å². The Labute approximate surface area is 96.5 Å². The molecule has 1 unspecified atom stereocenters. The van der Waals surface area contributed by atoms with E-state index in [4.69, 9.17) is 5.11 Å². The standard InChI is InChI=1S/C13H19NO2/c1-4-11(13(15)16)8-14-12-6-5-9(2)10(3)7-12/h5-7,11,14H,4,8H2,1-3H3,(H,15,16). The molecule has 0 aromatic heterocycles. The van der Waals surface area contributed by atoms with Gasteiger partial charge in [0, 0.05) is 12.2 Å². The lowest BCUT2D eigenvalue weighted by Gasteiger charge is -2.13. The third-order valence-corrected chi connectivity index (χ3v) is 2.90. The van der Waals surface area contributed by atoms with Crippen molar-refractivity contribution in [1.82, 2.24) is 0 Å². The van der Waals surface area contributed by atoms with Gasteiger partial charge in [-0.1, -0.05) is 13.0 Å². The highest BCUT2D eigenvalue weighted by Crippen LogP contribution is 2.15. The molecule has 1 atom stereocenters. The van der Waals surface area contributed by atoms with Crippen molar-refractivity contribution in [3.8, 4) is 0 Å². The molecule has 3 nitrogen and oxygen atoms in total. The normalized spacial score (nSPS) is 12.2. The molecular formula is C13H19NO2. The smallest absolute Gasteiger partial charge is 0.308 e. The SMILES string of the molecule is CCC(CNc1ccc(C)c(C)c1)C(=O)O. The Morgan fingerprint density at radius 2 is 2.06 bits per heavy atom. The van der Waals surface area contributed by atoms with E-state index in [0.29, 0.717) is 13.0 Å². The molecule has 0 amide bonds. The summed E-state index contributed by atoms with van der Waals surface area (Å²) in [5, 5.41) is 12.1. The lowest BCUT2D eigenvalue weighted by molar-refractivity contribution is -0.141. The van der Waals surface area contributed by atoms with Crippen LogP contribution >= 0.6 is 0 Å². The van der Waals surface area contributed by atoms with E-state index in [1.165, 1.54) is 11.1 Å². The van der Waals surface area contributed by atoms with Gasteiger partial charge in [0.1, 0.15) is 0 Å². The predicted octanol–water partition coefficient (Wildman–Crippen LogP) is 2.83. The number of aryl methyl sites for hydroxylation is 2. The van der Waals surface area contributed by atoms with Crippen LogP contribution in [0.5, 0.6) is 0 Å². The lowest BCUT2D eigenvalue weighted by Crippen LogP contribution is -2.22. The molecule has 3 heteroatoms. The minimum Gasteiger partial charge on any atom is -0.481 e. The second-order valence-electron chi connectivity index (χ2n) is 4.12. The van der Waals surface area contributed by atoms with E-state index in [1.54, 1.807) is 0 Å². The van der Waals surface area contributed by atoms with Crippen LogP contribution in [0.1, 0.15) is 24.5 Å². The van der Waals surface area contributed by atoms with E-state index in [2.05, 4.69) is 19.2 Å². The fourth-order valence-corrected chi connectivity index (χ4v) is 1.50. The summed E-state index contributed by atoms with van der Waals surface area (Å²) in [5.41, 5.74) is 3.45. The molecule has 1 aromatic carbocycles. The van der Waals surface area contributed by atoms with Gasteiger partial charge in [0.2, 0.25) is 0 Å². The highest BCUT2D eigenvalue weighted by Gasteiger charge is 2.14. The molecule has 2 N–H and O–H groups in total. The Kier molecular flexibility index (Phi) is 4.35. The summed E-state index contributed by atoms with van der Waals surface area (Å²) in [6, 6.07) is 6.07. The fourth-order valence-electron chi connectivity index (χ4n) is 1.50. The molecule has 0 bridgehead atoms. The average molecular weight is 221 g/mol. The van der Waals surface area contributed by atoms with Crippen molar-refractivity contribution in [3.05, 3.63) is 29.3 Å². The van der Waals surface area contributed by atoms with Gasteiger partial charge in [-0.2, -0.15) is 0 Å². The molecule has 1 rings (SSSR count). The molecular weight excluding hydrogens is 202 g/mol. The third kappa shape index (κ3) is 3.26. The molecule has 0 aliphatic rings. The van der Waals surface area contributed by atoms with Crippen molar-refractivity contribution in [2.45, 2.75) is 27.2 Å². The number of hydrogen-bond acceptors (Lipinski definition) is 2. The number of hydrogen-bond donors (Lipinski definition) is 2. The number of aliphatic carboxylic acids is 1. The van der Waals surface area contributed by atoms with Crippen LogP contribution in [0.3, 0.4) is 0 Å². The molecule has 0 aliphatic heterocycles. The van der Waals surface area contributed by atoms with Gasteiger partial charge < -0.3 is 10.4 Å². The third-order valence-electron chi connectivity index (χ3n) is 2.90. The Morgan fingerprint density at radius 1 is 1.38 bits per heavy atom. The number of carbonyl (C=O) groups is 1. The summed E-state index contributed by atoms with van der Waals surface area (Å²) in [7, 11) is 0. The molecule has 0 spiro atoms. The zero-order valence-corrected chi connectivity index (χ0v) is 10.1. The summed E-state index contributed by atoms with van der Waals surface area (Å²) in [5.74, 6) is -1.06. The zero-order chi connectivity index (χ0) is 12.1. The van der Waals surface area contributed by atoms with Gasteiger partial charge in [-0.3, -0.25) is 4.79 Å². The maximum absolute atomic E-state index is 10.8. The molecule has 88 valence electrons. The molecule has 16 heavy (non-hydrogen) atoms.